The van der Waals surface area contributed by atoms with E-state index in [0.717, 1.165) is 33.7 Å². The quantitative estimate of drug-likeness (QED) is 0.531. The third-order valence-electron chi connectivity index (χ3n) is 4.93. The number of halogens is 3. The predicted molar refractivity (Wildman–Crippen MR) is 111 cm³/mol. The van der Waals surface area contributed by atoms with E-state index in [4.69, 9.17) is 19.2 Å². The van der Waals surface area contributed by atoms with E-state index in [1.54, 1.807) is 23.5 Å². The molecule has 31 heavy (non-hydrogen) atoms. The number of fused-ring (bicyclic) bond motifs is 1. The number of aromatic nitrogens is 2. The predicted octanol–water partition coefficient (Wildman–Crippen LogP) is 4.87. The lowest BCUT2D eigenvalue weighted by Gasteiger charge is -2.25. The highest BCUT2D eigenvalue weighted by atomic mass is 32.1. The summed E-state index contributed by atoms with van der Waals surface area (Å²) < 4.78 is 53.7. The maximum absolute atomic E-state index is 12.5. The van der Waals surface area contributed by atoms with Gasteiger partial charge in [-0.2, -0.15) is 18.2 Å². The molecular weight excluding hydrogens is 431 g/mol. The topological polar surface area (TPSA) is 56.7 Å². The van der Waals surface area contributed by atoms with E-state index in [1.807, 2.05) is 13.8 Å². The first-order chi connectivity index (χ1) is 14.8. The number of nitrogens with zero attached hydrogens (tertiary/aromatic N) is 3. The molecular formula is C21H22F3N3O3S. The standard InChI is InChI=1S/C21H22F3N3O3S/c1-13-14(2)31-20-18(13)19(25-17(26-20)11-27-6-8-28-9-7-27)30-16-5-3-4-15(10-16)29-12-21(22,23)24/h3-5,10H,6-9,11-12H2,1-2H3. The number of benzene rings is 1. The molecule has 0 amide bonds. The van der Waals surface area contributed by atoms with Gasteiger partial charge in [0.05, 0.1) is 25.1 Å². The Kier molecular flexibility index (Phi) is 6.31. The number of hydrogen-bond acceptors (Lipinski definition) is 7. The normalized spacial score (nSPS) is 15.4. The SMILES string of the molecule is Cc1sc2nc(CN3CCOCC3)nc(Oc3cccc(OCC(F)(F)F)c3)c2c1C. The van der Waals surface area contributed by atoms with Crippen molar-refractivity contribution < 1.29 is 27.4 Å². The van der Waals surface area contributed by atoms with Crippen LogP contribution in [-0.2, 0) is 11.3 Å². The summed E-state index contributed by atoms with van der Waals surface area (Å²) in [6.07, 6.45) is -4.41. The van der Waals surface area contributed by atoms with Gasteiger partial charge in [-0.3, -0.25) is 4.90 Å². The van der Waals surface area contributed by atoms with E-state index in [9.17, 15) is 13.2 Å². The summed E-state index contributed by atoms with van der Waals surface area (Å²) in [5.41, 5.74) is 1.03. The highest BCUT2D eigenvalue weighted by Crippen LogP contribution is 2.37. The van der Waals surface area contributed by atoms with Crippen LogP contribution in [0.25, 0.3) is 10.2 Å². The molecule has 0 aliphatic carbocycles. The van der Waals surface area contributed by atoms with Gasteiger partial charge in [0.2, 0.25) is 5.88 Å². The second kappa shape index (κ2) is 8.97. The summed E-state index contributed by atoms with van der Waals surface area (Å²) in [5, 5.41) is 0.815. The Morgan fingerprint density at radius 2 is 1.87 bits per heavy atom. The molecule has 0 saturated carbocycles. The minimum Gasteiger partial charge on any atom is -0.484 e. The van der Waals surface area contributed by atoms with Gasteiger partial charge in [0.15, 0.2) is 6.61 Å². The lowest BCUT2D eigenvalue weighted by molar-refractivity contribution is -0.153. The number of aryl methyl sites for hydroxylation is 2. The van der Waals surface area contributed by atoms with Crippen molar-refractivity contribution in [3.05, 3.63) is 40.5 Å². The van der Waals surface area contributed by atoms with Crippen LogP contribution in [0.2, 0.25) is 0 Å². The van der Waals surface area contributed by atoms with Gasteiger partial charge in [0.25, 0.3) is 0 Å². The maximum Gasteiger partial charge on any atom is 0.422 e. The molecule has 4 rings (SSSR count). The molecule has 166 valence electrons. The van der Waals surface area contributed by atoms with Crippen molar-refractivity contribution in [1.29, 1.82) is 0 Å². The Hall–Kier alpha value is -2.43. The fourth-order valence-electron chi connectivity index (χ4n) is 3.26. The van der Waals surface area contributed by atoms with Crippen molar-refractivity contribution in [1.82, 2.24) is 14.9 Å². The van der Waals surface area contributed by atoms with Crippen molar-refractivity contribution in [2.24, 2.45) is 0 Å². The zero-order valence-corrected chi connectivity index (χ0v) is 18.0. The summed E-state index contributed by atoms with van der Waals surface area (Å²) in [6, 6.07) is 6.12. The number of hydrogen-bond donors (Lipinski definition) is 0. The molecule has 0 unspecified atom stereocenters. The van der Waals surface area contributed by atoms with Crippen LogP contribution in [0.4, 0.5) is 13.2 Å². The van der Waals surface area contributed by atoms with Crippen LogP contribution in [0.15, 0.2) is 24.3 Å². The average molecular weight is 453 g/mol. The molecule has 0 radical (unpaired) electrons. The van der Waals surface area contributed by atoms with Crippen LogP contribution in [0.1, 0.15) is 16.3 Å². The summed E-state index contributed by atoms with van der Waals surface area (Å²) in [7, 11) is 0. The summed E-state index contributed by atoms with van der Waals surface area (Å²) in [6.45, 7) is 6.16. The molecule has 3 aromatic rings. The summed E-state index contributed by atoms with van der Waals surface area (Å²) in [4.78, 5) is 13.5. The number of ether oxygens (including phenoxy) is 3. The van der Waals surface area contributed by atoms with Crippen LogP contribution in [0.5, 0.6) is 17.4 Å². The van der Waals surface area contributed by atoms with E-state index >= 15 is 0 Å². The van der Waals surface area contributed by atoms with Crippen LogP contribution in [-0.4, -0.2) is 54.0 Å². The van der Waals surface area contributed by atoms with Gasteiger partial charge in [0, 0.05) is 24.0 Å². The van der Waals surface area contributed by atoms with Crippen LogP contribution in [0.3, 0.4) is 0 Å². The Balaban J connectivity index is 1.62. The van der Waals surface area contributed by atoms with Gasteiger partial charge in [-0.25, -0.2) is 4.98 Å². The Morgan fingerprint density at radius 3 is 2.61 bits per heavy atom. The molecule has 6 nitrogen and oxygen atoms in total. The first-order valence-electron chi connectivity index (χ1n) is 9.83. The summed E-state index contributed by atoms with van der Waals surface area (Å²) >= 11 is 1.57. The zero-order valence-electron chi connectivity index (χ0n) is 17.2. The van der Waals surface area contributed by atoms with Crippen LogP contribution in [0, 0.1) is 13.8 Å². The van der Waals surface area contributed by atoms with Gasteiger partial charge in [-0.15, -0.1) is 11.3 Å². The van der Waals surface area contributed by atoms with Gasteiger partial charge in [-0.1, -0.05) is 6.07 Å². The molecule has 1 fully saturated rings. The lowest BCUT2D eigenvalue weighted by atomic mass is 10.2. The Labute approximate surface area is 181 Å². The first kappa shape index (κ1) is 21.8. The van der Waals surface area contributed by atoms with Gasteiger partial charge in [-0.05, 0) is 31.5 Å². The molecule has 1 aliphatic rings. The number of alkyl halides is 3. The van der Waals surface area contributed by atoms with E-state index in [1.165, 1.54) is 12.1 Å². The van der Waals surface area contributed by atoms with Crippen molar-refractivity contribution in [2.75, 3.05) is 32.9 Å². The third-order valence-corrected chi connectivity index (χ3v) is 6.03. The smallest absolute Gasteiger partial charge is 0.422 e. The van der Waals surface area contributed by atoms with E-state index in [2.05, 4.69) is 9.88 Å². The van der Waals surface area contributed by atoms with Crippen molar-refractivity contribution in [2.45, 2.75) is 26.6 Å². The number of morpholine rings is 1. The summed E-state index contributed by atoms with van der Waals surface area (Å²) in [5.74, 6) is 1.45. The molecule has 0 N–H and O–H groups in total. The molecule has 0 bridgehead atoms. The number of rotatable bonds is 6. The van der Waals surface area contributed by atoms with E-state index < -0.39 is 12.8 Å². The first-order valence-corrected chi connectivity index (χ1v) is 10.6. The molecule has 1 aromatic carbocycles. The van der Waals surface area contributed by atoms with Crippen molar-refractivity contribution in [3.8, 4) is 17.4 Å². The van der Waals surface area contributed by atoms with Crippen LogP contribution < -0.4 is 9.47 Å². The lowest BCUT2D eigenvalue weighted by Crippen LogP contribution is -2.36. The maximum atomic E-state index is 12.5. The molecule has 10 heteroatoms. The van der Waals surface area contributed by atoms with Gasteiger partial charge in [0.1, 0.15) is 22.2 Å². The minimum absolute atomic E-state index is 0.0758. The van der Waals surface area contributed by atoms with E-state index in [0.29, 0.717) is 37.2 Å². The molecule has 2 aromatic heterocycles. The van der Waals surface area contributed by atoms with Gasteiger partial charge < -0.3 is 14.2 Å². The Morgan fingerprint density at radius 1 is 1.13 bits per heavy atom. The fraction of sp³-hybridized carbons (Fsp3) is 0.429. The molecule has 0 spiro atoms. The highest BCUT2D eigenvalue weighted by Gasteiger charge is 2.28. The number of thiophene rings is 1. The molecule has 1 aliphatic heterocycles. The largest absolute Gasteiger partial charge is 0.484 e. The second-order valence-electron chi connectivity index (χ2n) is 7.28. The fourth-order valence-corrected chi connectivity index (χ4v) is 4.30. The Bertz CT molecular complexity index is 1070. The monoisotopic (exact) mass is 453 g/mol. The second-order valence-corrected chi connectivity index (χ2v) is 8.48. The third kappa shape index (κ3) is 5.44. The molecule has 1 saturated heterocycles. The minimum atomic E-state index is -4.41. The van der Waals surface area contributed by atoms with Crippen LogP contribution >= 0.6 is 11.3 Å². The molecule has 0 atom stereocenters. The van der Waals surface area contributed by atoms with Crippen molar-refractivity contribution in [3.63, 3.8) is 0 Å². The highest BCUT2D eigenvalue weighted by molar-refractivity contribution is 7.18. The average Bonchev–Trinajstić information content (AvgIpc) is 3.01. The van der Waals surface area contributed by atoms with Crippen molar-refractivity contribution >= 4 is 21.6 Å². The zero-order chi connectivity index (χ0) is 22.0. The van der Waals surface area contributed by atoms with E-state index in [-0.39, 0.29) is 5.75 Å². The van der Waals surface area contributed by atoms with Gasteiger partial charge >= 0.3 is 6.18 Å². The molecule has 3 heterocycles.